The minimum absolute atomic E-state index is 0. The lowest BCUT2D eigenvalue weighted by atomic mass is 10.1. The Balaban J connectivity index is 0.00000342. The van der Waals surface area contributed by atoms with Gasteiger partial charge in [-0.05, 0) is 30.3 Å². The highest BCUT2D eigenvalue weighted by molar-refractivity contribution is 8.93. The Morgan fingerprint density at radius 3 is 2.51 bits per heavy atom. The number of carbonyl (C=O) groups is 1. The number of phenolic OH excluding ortho intramolecular Hbond substituents is 3. The van der Waals surface area contributed by atoms with Crippen LogP contribution in [0, 0.1) is 0 Å². The van der Waals surface area contributed by atoms with Crippen LogP contribution >= 0.6 is 17.0 Å². The number of fused-ring (bicyclic) bond motifs is 1. The summed E-state index contributed by atoms with van der Waals surface area (Å²) in [5.41, 5.74) is 3.49. The van der Waals surface area contributed by atoms with Crippen molar-refractivity contribution < 1.29 is 28.9 Å². The smallest absolute Gasteiger partial charge is 0.274 e. The number of phenols is 3. The molecule has 0 saturated heterocycles. The van der Waals surface area contributed by atoms with E-state index < -0.39 is 36.1 Å². The summed E-state index contributed by atoms with van der Waals surface area (Å²) in [6.45, 7) is -0.230. The van der Waals surface area contributed by atoms with Gasteiger partial charge in [0.1, 0.15) is 5.69 Å². The average Bonchev–Trinajstić information content (AvgIpc) is 3.24. The van der Waals surface area contributed by atoms with Gasteiger partial charge in [0.2, 0.25) is 0 Å². The molecular weight excluding hydrogens is 528 g/mol. The number of aromatic nitrogens is 3. The maximum Gasteiger partial charge on any atom is 0.274 e. The monoisotopic (exact) mass is 549 g/mol. The molecule has 0 fully saturated rings. The molecule has 1 amide bonds. The zero-order chi connectivity index (χ0) is 24.4. The summed E-state index contributed by atoms with van der Waals surface area (Å²) in [7, 11) is 1.46. The molecule has 4 aromatic rings. The number of amides is 1. The average molecular weight is 550 g/mol. The molecule has 3 heterocycles. The lowest BCUT2D eigenvalue weighted by molar-refractivity contribution is 0.0989. The second-order valence-electron chi connectivity index (χ2n) is 7.57. The second-order valence-corrected chi connectivity index (χ2v) is 7.57. The topological polar surface area (TPSA) is 135 Å². The normalized spacial score (nSPS) is 11.0. The van der Waals surface area contributed by atoms with E-state index in [9.17, 15) is 28.9 Å². The Labute approximate surface area is 208 Å². The maximum absolute atomic E-state index is 12.9. The first-order chi connectivity index (χ1) is 16.2. The predicted octanol–water partition coefficient (Wildman–Crippen LogP) is 3.95. The van der Waals surface area contributed by atoms with Crippen molar-refractivity contribution in [2.75, 3.05) is 18.5 Å². The molecule has 0 unspecified atom stereocenters. The number of rotatable bonds is 7. The highest BCUT2D eigenvalue weighted by Gasteiger charge is 2.19. The van der Waals surface area contributed by atoms with E-state index in [2.05, 4.69) is 20.3 Å². The van der Waals surface area contributed by atoms with Crippen LogP contribution in [0.5, 0.6) is 17.2 Å². The fraction of sp³-hybridized carbons (Fsp3) is 0.174. The van der Waals surface area contributed by atoms with Gasteiger partial charge in [0, 0.05) is 37.5 Å². The zero-order valence-corrected chi connectivity index (χ0v) is 20.1. The molecule has 1 aromatic carbocycles. The molecule has 9 nitrogen and oxygen atoms in total. The van der Waals surface area contributed by atoms with Gasteiger partial charge in [-0.3, -0.25) is 9.78 Å². The van der Waals surface area contributed by atoms with Crippen molar-refractivity contribution in [1.82, 2.24) is 20.3 Å². The lowest BCUT2D eigenvalue weighted by Gasteiger charge is -2.17. The van der Waals surface area contributed by atoms with Gasteiger partial charge in [0.05, 0.1) is 34.7 Å². The first kappa shape index (κ1) is 25.8. The number of alkyl halides is 2. The predicted molar refractivity (Wildman–Crippen MR) is 132 cm³/mol. The number of hydrogen-bond acceptors (Lipinski definition) is 7. The van der Waals surface area contributed by atoms with Crippen molar-refractivity contribution in [3.63, 3.8) is 0 Å². The first-order valence-electron chi connectivity index (χ1n) is 10.2. The fourth-order valence-electron chi connectivity index (χ4n) is 3.41. The van der Waals surface area contributed by atoms with Crippen molar-refractivity contribution >= 4 is 39.6 Å². The van der Waals surface area contributed by atoms with Gasteiger partial charge in [-0.25, -0.2) is 13.8 Å². The summed E-state index contributed by atoms with van der Waals surface area (Å²) in [5.74, 6) is -2.24. The summed E-state index contributed by atoms with van der Waals surface area (Å²) in [6, 6.07) is 10.9. The quantitative estimate of drug-likeness (QED) is 0.220. The fourth-order valence-corrected chi connectivity index (χ4v) is 3.41. The van der Waals surface area contributed by atoms with Crippen molar-refractivity contribution in [2.45, 2.75) is 13.0 Å². The largest absolute Gasteiger partial charge is 0.504 e. The number of anilines is 1. The molecular formula is C23H22BrF2N5O4. The molecule has 0 aliphatic heterocycles. The van der Waals surface area contributed by atoms with E-state index in [1.807, 2.05) is 0 Å². The van der Waals surface area contributed by atoms with Crippen molar-refractivity contribution in [1.29, 1.82) is 0 Å². The Morgan fingerprint density at radius 2 is 1.83 bits per heavy atom. The molecule has 3 aromatic heterocycles. The second kappa shape index (κ2) is 10.7. The van der Waals surface area contributed by atoms with Crippen LogP contribution < -0.4 is 10.2 Å². The Kier molecular flexibility index (Phi) is 7.87. The molecule has 0 spiro atoms. The molecule has 184 valence electrons. The minimum Gasteiger partial charge on any atom is -0.504 e. The minimum atomic E-state index is -2.44. The van der Waals surface area contributed by atoms with Crippen molar-refractivity contribution in [3.05, 3.63) is 60.0 Å². The van der Waals surface area contributed by atoms with Crippen molar-refractivity contribution in [2.24, 2.45) is 0 Å². The van der Waals surface area contributed by atoms with Gasteiger partial charge in [-0.15, -0.1) is 17.0 Å². The van der Waals surface area contributed by atoms with E-state index in [1.165, 1.54) is 11.9 Å². The van der Waals surface area contributed by atoms with Crippen LogP contribution in [0.25, 0.3) is 22.3 Å². The number of aromatic hydroxyl groups is 3. The molecule has 0 saturated carbocycles. The number of hydrogen-bond donors (Lipinski definition) is 5. The van der Waals surface area contributed by atoms with E-state index in [0.717, 1.165) is 17.7 Å². The van der Waals surface area contributed by atoms with Crippen LogP contribution in [0.1, 0.15) is 16.2 Å². The number of pyridine rings is 2. The van der Waals surface area contributed by atoms with Crippen LogP contribution in [-0.2, 0) is 6.54 Å². The van der Waals surface area contributed by atoms with E-state index in [0.29, 0.717) is 22.4 Å². The third-order valence-electron chi connectivity index (χ3n) is 5.17. The maximum atomic E-state index is 12.9. The van der Waals surface area contributed by atoms with Crippen LogP contribution in [0.15, 0.2) is 48.7 Å². The molecule has 4 rings (SSSR count). The molecule has 0 aliphatic carbocycles. The Bertz CT molecular complexity index is 1340. The highest BCUT2D eigenvalue weighted by atomic mass is 79.9. The SMILES string of the molecule is Br.CN(C(=O)c1cc2nc(-c3ccnc(CNCC(F)F)c3)ccc2[nH]1)c1cc(O)c(O)c(O)c1. The summed E-state index contributed by atoms with van der Waals surface area (Å²) in [6.07, 6.45) is -0.869. The van der Waals surface area contributed by atoms with Gasteiger partial charge < -0.3 is 30.5 Å². The summed E-state index contributed by atoms with van der Waals surface area (Å²) in [5, 5.41) is 31.6. The molecule has 5 N–H and O–H groups in total. The third-order valence-corrected chi connectivity index (χ3v) is 5.17. The molecule has 0 aliphatic rings. The van der Waals surface area contributed by atoms with Gasteiger partial charge >= 0.3 is 0 Å². The van der Waals surface area contributed by atoms with Gasteiger partial charge in [0.25, 0.3) is 12.3 Å². The molecule has 12 heteroatoms. The molecule has 35 heavy (non-hydrogen) atoms. The van der Waals surface area contributed by atoms with Crippen LogP contribution in [0.4, 0.5) is 14.5 Å². The Hall–Kier alpha value is -3.77. The van der Waals surface area contributed by atoms with Crippen LogP contribution in [0.3, 0.4) is 0 Å². The number of benzene rings is 1. The third kappa shape index (κ3) is 5.66. The summed E-state index contributed by atoms with van der Waals surface area (Å²) >= 11 is 0. The van der Waals surface area contributed by atoms with E-state index >= 15 is 0 Å². The highest BCUT2D eigenvalue weighted by Crippen LogP contribution is 2.38. The molecule has 0 atom stereocenters. The number of aromatic amines is 1. The van der Waals surface area contributed by atoms with E-state index in [4.69, 9.17) is 0 Å². The standard InChI is InChI=1S/C23H21F2N5O4.BrH/c1-30(14-7-19(31)22(33)20(32)8-14)23(34)18-9-17-16(29-18)3-2-15(28-17)12-4-5-27-13(6-12)10-26-11-21(24)25;/h2-9,21,26,29,31-33H,10-11H2,1H3;1H. The first-order valence-corrected chi connectivity index (χ1v) is 10.2. The number of H-pyrrole nitrogens is 1. The molecule has 0 radical (unpaired) electrons. The number of nitrogens with zero attached hydrogens (tertiary/aromatic N) is 3. The van der Waals surface area contributed by atoms with E-state index in [1.54, 1.807) is 36.5 Å². The zero-order valence-electron chi connectivity index (χ0n) is 18.4. The van der Waals surface area contributed by atoms with Gasteiger partial charge in [0.15, 0.2) is 17.2 Å². The van der Waals surface area contributed by atoms with Gasteiger partial charge in [-0.2, -0.15) is 0 Å². The van der Waals surface area contributed by atoms with Crippen LogP contribution in [0.2, 0.25) is 0 Å². The van der Waals surface area contributed by atoms with Crippen LogP contribution in [-0.4, -0.2) is 56.2 Å². The number of halogens is 3. The molecule has 0 bridgehead atoms. The van der Waals surface area contributed by atoms with Crippen molar-refractivity contribution in [3.8, 4) is 28.5 Å². The lowest BCUT2D eigenvalue weighted by Crippen LogP contribution is -2.26. The summed E-state index contributed by atoms with van der Waals surface area (Å²) < 4.78 is 24.7. The van der Waals surface area contributed by atoms with Gasteiger partial charge in [-0.1, -0.05) is 0 Å². The number of nitrogens with one attached hydrogen (secondary N) is 2. The van der Waals surface area contributed by atoms with E-state index in [-0.39, 0.29) is 34.9 Å². The Morgan fingerprint density at radius 1 is 1.11 bits per heavy atom. The number of carbonyl (C=O) groups excluding carboxylic acids is 1. The summed E-state index contributed by atoms with van der Waals surface area (Å²) in [4.78, 5) is 25.9.